The van der Waals surface area contributed by atoms with Crippen LogP contribution in [0.1, 0.15) is 32.1 Å². The Morgan fingerprint density at radius 3 is 2.80 bits per heavy atom. The minimum Gasteiger partial charge on any atom is -0.352 e. The second-order valence-electron chi connectivity index (χ2n) is 4.53. The van der Waals surface area contributed by atoms with Gasteiger partial charge in [0, 0.05) is 17.3 Å². The summed E-state index contributed by atoms with van der Waals surface area (Å²) in [6, 6.07) is 1.03. The van der Waals surface area contributed by atoms with E-state index in [-0.39, 0.29) is 5.91 Å². The average Bonchev–Trinajstić information content (AvgIpc) is 2.92. The molecule has 2 aliphatic carbocycles. The van der Waals surface area contributed by atoms with Crippen molar-refractivity contribution in [2.24, 2.45) is 0 Å². The van der Waals surface area contributed by atoms with Crippen LogP contribution in [0.5, 0.6) is 0 Å². The Balaban J connectivity index is 1.65. The van der Waals surface area contributed by atoms with E-state index in [9.17, 15) is 4.79 Å². The highest BCUT2D eigenvalue weighted by atomic mass is 32.2. The molecule has 2 saturated carbocycles. The minimum absolute atomic E-state index is 0.171. The van der Waals surface area contributed by atoms with Gasteiger partial charge in [-0.3, -0.25) is 4.79 Å². The van der Waals surface area contributed by atoms with E-state index in [4.69, 9.17) is 0 Å². The zero-order valence-electron chi connectivity index (χ0n) is 9.29. The number of thioether (sulfide) groups is 1. The van der Waals surface area contributed by atoms with Gasteiger partial charge in [0.05, 0.1) is 6.54 Å². The molecule has 86 valence electrons. The van der Waals surface area contributed by atoms with Crippen LogP contribution >= 0.6 is 11.8 Å². The Hall–Kier alpha value is -0.220. The molecule has 2 atom stereocenters. The summed E-state index contributed by atoms with van der Waals surface area (Å²) in [6.07, 6.45) is 8.32. The molecule has 0 radical (unpaired) electrons. The standard InChI is InChI=1S/C11H20N2OS/c1-15-10-4-2-3-9(10)12-7-11(14)13-8-5-6-8/h8-10,12H,2-7H2,1H3,(H,13,14). The first-order valence-electron chi connectivity index (χ1n) is 5.85. The number of carbonyl (C=O) groups excluding carboxylic acids is 1. The van der Waals surface area contributed by atoms with Gasteiger partial charge in [0.15, 0.2) is 0 Å². The van der Waals surface area contributed by atoms with Crippen molar-refractivity contribution in [1.82, 2.24) is 10.6 Å². The molecule has 0 bridgehead atoms. The minimum atomic E-state index is 0.171. The maximum Gasteiger partial charge on any atom is 0.234 e. The smallest absolute Gasteiger partial charge is 0.234 e. The number of hydrogen-bond donors (Lipinski definition) is 2. The van der Waals surface area contributed by atoms with Crippen LogP contribution in [0.3, 0.4) is 0 Å². The molecule has 0 aromatic carbocycles. The van der Waals surface area contributed by atoms with Gasteiger partial charge < -0.3 is 10.6 Å². The summed E-state index contributed by atoms with van der Waals surface area (Å²) in [4.78, 5) is 11.5. The van der Waals surface area contributed by atoms with Crippen LogP contribution in [0.2, 0.25) is 0 Å². The fourth-order valence-electron chi connectivity index (χ4n) is 2.17. The summed E-state index contributed by atoms with van der Waals surface area (Å²) >= 11 is 1.92. The SMILES string of the molecule is CSC1CCCC1NCC(=O)NC1CC1. The molecule has 0 aromatic heterocycles. The lowest BCUT2D eigenvalue weighted by Crippen LogP contribution is -2.42. The van der Waals surface area contributed by atoms with Crippen molar-refractivity contribution in [3.05, 3.63) is 0 Å². The highest BCUT2D eigenvalue weighted by Crippen LogP contribution is 2.28. The summed E-state index contributed by atoms with van der Waals surface area (Å²) in [6.45, 7) is 0.498. The van der Waals surface area contributed by atoms with Gasteiger partial charge in [0.25, 0.3) is 0 Å². The monoisotopic (exact) mass is 228 g/mol. The maximum atomic E-state index is 11.5. The first-order chi connectivity index (χ1) is 7.29. The van der Waals surface area contributed by atoms with Crippen molar-refractivity contribution in [3.63, 3.8) is 0 Å². The summed E-state index contributed by atoms with van der Waals surface area (Å²) in [5.74, 6) is 0.171. The molecule has 0 aliphatic heterocycles. The molecule has 0 saturated heterocycles. The zero-order chi connectivity index (χ0) is 10.7. The molecular formula is C11H20N2OS. The Labute approximate surface area is 95.8 Å². The van der Waals surface area contributed by atoms with Crippen molar-refractivity contribution in [3.8, 4) is 0 Å². The van der Waals surface area contributed by atoms with E-state index in [0.29, 0.717) is 23.9 Å². The zero-order valence-corrected chi connectivity index (χ0v) is 10.1. The molecule has 0 spiro atoms. The quantitative estimate of drug-likeness (QED) is 0.741. The van der Waals surface area contributed by atoms with Crippen LogP contribution in [0.15, 0.2) is 0 Å². The van der Waals surface area contributed by atoms with Gasteiger partial charge in [0.2, 0.25) is 5.91 Å². The summed E-state index contributed by atoms with van der Waals surface area (Å²) in [7, 11) is 0. The molecule has 15 heavy (non-hydrogen) atoms. The van der Waals surface area contributed by atoms with E-state index in [1.165, 1.54) is 32.1 Å². The van der Waals surface area contributed by atoms with Crippen molar-refractivity contribution in [2.45, 2.75) is 49.4 Å². The van der Waals surface area contributed by atoms with Gasteiger partial charge in [-0.15, -0.1) is 0 Å². The highest BCUT2D eigenvalue weighted by Gasteiger charge is 2.27. The molecule has 1 amide bonds. The van der Waals surface area contributed by atoms with Crippen molar-refractivity contribution in [1.29, 1.82) is 0 Å². The van der Waals surface area contributed by atoms with Crippen LogP contribution < -0.4 is 10.6 Å². The van der Waals surface area contributed by atoms with Gasteiger partial charge in [-0.1, -0.05) is 6.42 Å². The number of nitrogens with one attached hydrogen (secondary N) is 2. The molecule has 4 heteroatoms. The summed E-state index contributed by atoms with van der Waals surface area (Å²) < 4.78 is 0. The molecule has 2 N–H and O–H groups in total. The lowest BCUT2D eigenvalue weighted by atomic mass is 10.2. The van der Waals surface area contributed by atoms with E-state index >= 15 is 0 Å². The third kappa shape index (κ3) is 3.38. The van der Waals surface area contributed by atoms with Crippen LogP contribution in [0, 0.1) is 0 Å². The first kappa shape index (κ1) is 11.3. The summed E-state index contributed by atoms with van der Waals surface area (Å²) in [5, 5.41) is 7.09. The van der Waals surface area contributed by atoms with Crippen molar-refractivity contribution >= 4 is 17.7 Å². The number of amides is 1. The van der Waals surface area contributed by atoms with Gasteiger partial charge in [-0.05, 0) is 31.9 Å². The van der Waals surface area contributed by atoms with Gasteiger partial charge in [-0.2, -0.15) is 11.8 Å². The number of rotatable bonds is 5. The molecular weight excluding hydrogens is 208 g/mol. The van der Waals surface area contributed by atoms with Crippen LogP contribution in [-0.2, 0) is 4.79 Å². The Bertz CT molecular complexity index is 231. The van der Waals surface area contributed by atoms with Gasteiger partial charge >= 0.3 is 0 Å². The predicted octanol–water partition coefficient (Wildman–Crippen LogP) is 1.14. The van der Waals surface area contributed by atoms with Crippen molar-refractivity contribution < 1.29 is 4.79 Å². The largest absolute Gasteiger partial charge is 0.352 e. The molecule has 2 aliphatic rings. The molecule has 3 nitrogen and oxygen atoms in total. The van der Waals surface area contributed by atoms with E-state index in [1.54, 1.807) is 0 Å². The second-order valence-corrected chi connectivity index (χ2v) is 5.61. The molecule has 0 aromatic rings. The van der Waals surface area contributed by atoms with Crippen molar-refractivity contribution in [2.75, 3.05) is 12.8 Å². The van der Waals surface area contributed by atoms with E-state index in [0.717, 1.165) is 0 Å². The maximum absolute atomic E-state index is 11.5. The molecule has 0 heterocycles. The molecule has 2 rings (SSSR count). The highest BCUT2D eigenvalue weighted by molar-refractivity contribution is 7.99. The lowest BCUT2D eigenvalue weighted by molar-refractivity contribution is -0.120. The molecule has 2 unspecified atom stereocenters. The van der Waals surface area contributed by atoms with E-state index < -0.39 is 0 Å². The van der Waals surface area contributed by atoms with Gasteiger partial charge in [-0.25, -0.2) is 0 Å². The topological polar surface area (TPSA) is 41.1 Å². The Morgan fingerprint density at radius 2 is 2.13 bits per heavy atom. The van der Waals surface area contributed by atoms with E-state index in [1.807, 2.05) is 11.8 Å². The predicted molar refractivity (Wildman–Crippen MR) is 64.1 cm³/mol. The number of carbonyl (C=O) groups is 1. The summed E-state index contributed by atoms with van der Waals surface area (Å²) in [5.41, 5.74) is 0. The van der Waals surface area contributed by atoms with Crippen LogP contribution in [0.25, 0.3) is 0 Å². The fourth-order valence-corrected chi connectivity index (χ4v) is 3.14. The fraction of sp³-hybridized carbons (Fsp3) is 0.909. The third-order valence-electron chi connectivity index (χ3n) is 3.22. The molecule has 2 fully saturated rings. The Morgan fingerprint density at radius 1 is 1.33 bits per heavy atom. The van der Waals surface area contributed by atoms with E-state index in [2.05, 4.69) is 16.9 Å². The Kier molecular flexibility index (Phi) is 3.92. The first-order valence-corrected chi connectivity index (χ1v) is 7.14. The average molecular weight is 228 g/mol. The normalized spacial score (nSPS) is 30.5. The number of hydrogen-bond acceptors (Lipinski definition) is 3. The second kappa shape index (κ2) is 5.21. The third-order valence-corrected chi connectivity index (χ3v) is 4.39. The van der Waals surface area contributed by atoms with Crippen LogP contribution in [0.4, 0.5) is 0 Å². The van der Waals surface area contributed by atoms with Gasteiger partial charge in [0.1, 0.15) is 0 Å². The van der Waals surface area contributed by atoms with Crippen LogP contribution in [-0.4, -0.2) is 36.0 Å². The lowest BCUT2D eigenvalue weighted by Gasteiger charge is -2.18.